The molecule has 3 aromatic heterocycles. The summed E-state index contributed by atoms with van der Waals surface area (Å²) in [7, 11) is 1.63. The second-order valence-corrected chi connectivity index (χ2v) is 29.2. The largest absolute Gasteiger partial charge is 0.485 e. The number of aliphatic hydroxyl groups is 4. The number of unbranched alkanes of at least 4 members (excludes halogenated alkanes) is 2. The number of nitrogens with zero attached hydrogens (tertiary/aromatic N) is 7. The number of carboxylic acid groups (broad SMARTS) is 1. The number of imide groups is 1. The van der Waals surface area contributed by atoms with Gasteiger partial charge >= 0.3 is 12.1 Å². The number of anilines is 3. The summed E-state index contributed by atoms with van der Waals surface area (Å²) < 4.78 is 21.9. The molecule has 0 spiro atoms. The van der Waals surface area contributed by atoms with Crippen LogP contribution in [0, 0.1) is 29.1 Å². The maximum atomic E-state index is 13.8. The van der Waals surface area contributed by atoms with E-state index in [-0.39, 0.29) is 109 Å². The minimum atomic E-state index is -1.61. The predicted octanol–water partition coefficient (Wildman–Crippen LogP) is 7.55. The molecular weight excluding hydrogens is 1260 g/mol. The van der Waals surface area contributed by atoms with Gasteiger partial charge in [-0.3, -0.25) is 38.9 Å². The Labute approximate surface area is 565 Å². The Hall–Kier alpha value is -8.66. The van der Waals surface area contributed by atoms with Crippen molar-refractivity contribution in [2.45, 2.75) is 154 Å². The fourth-order valence-corrected chi connectivity index (χ4v) is 17.6. The van der Waals surface area contributed by atoms with E-state index in [1.54, 1.807) is 31.4 Å². The van der Waals surface area contributed by atoms with Crippen LogP contribution in [0.4, 0.5) is 21.4 Å². The molecule has 4 bridgehead atoms. The van der Waals surface area contributed by atoms with Gasteiger partial charge in [0.05, 0.1) is 40.4 Å². The molecule has 5 fully saturated rings. The van der Waals surface area contributed by atoms with Crippen molar-refractivity contribution in [1.82, 2.24) is 34.9 Å². The number of para-hydroxylation sites is 1. The van der Waals surface area contributed by atoms with Crippen molar-refractivity contribution in [3.8, 4) is 16.9 Å². The molecule has 6 amide bonds. The Bertz CT molecular complexity index is 3990. The quantitative estimate of drug-likeness (QED) is 0.0192. The Morgan fingerprint density at radius 1 is 0.814 bits per heavy atom. The summed E-state index contributed by atoms with van der Waals surface area (Å²) in [4.78, 5) is 104. The van der Waals surface area contributed by atoms with Crippen molar-refractivity contribution >= 4 is 79.8 Å². The summed E-state index contributed by atoms with van der Waals surface area (Å²) in [5, 5.41) is 66.6. The van der Waals surface area contributed by atoms with E-state index in [4.69, 9.17) is 24.3 Å². The van der Waals surface area contributed by atoms with Crippen molar-refractivity contribution in [3.05, 3.63) is 125 Å². The summed E-state index contributed by atoms with van der Waals surface area (Å²) in [5.74, 6) is -3.15. The van der Waals surface area contributed by atoms with Gasteiger partial charge in [0.15, 0.2) is 10.8 Å². The number of carbonyl (C=O) groups excluding carboxylic acids is 6. The van der Waals surface area contributed by atoms with Gasteiger partial charge in [-0.05, 0) is 147 Å². The summed E-state index contributed by atoms with van der Waals surface area (Å²) in [5.41, 5.74) is 5.00. The first-order valence-corrected chi connectivity index (χ1v) is 34.1. The molecule has 26 heteroatoms. The number of carboxylic acids is 1. The summed E-state index contributed by atoms with van der Waals surface area (Å²) >= 11 is 1.41. The van der Waals surface area contributed by atoms with Crippen LogP contribution in [0.2, 0.25) is 0 Å². The number of hydrogen-bond acceptors (Lipinski definition) is 19. The van der Waals surface area contributed by atoms with E-state index in [2.05, 4.69) is 34.8 Å². The number of pyridine rings is 1. The Morgan fingerprint density at radius 2 is 1.59 bits per heavy atom. The lowest BCUT2D eigenvalue weighted by Gasteiger charge is -2.69. The number of hydrogen-bond donors (Lipinski definition) is 8. The third-order valence-electron chi connectivity index (χ3n) is 20.3. The molecule has 3 aromatic carbocycles. The molecule has 514 valence electrons. The molecule has 0 radical (unpaired) electrons. The van der Waals surface area contributed by atoms with Crippen LogP contribution in [0.1, 0.15) is 134 Å². The van der Waals surface area contributed by atoms with Crippen LogP contribution in [0.25, 0.3) is 21.3 Å². The fraction of sp³-hybridized carbons (Fsp3) is 0.493. The first kappa shape index (κ1) is 68.3. The molecular formula is C71H84N10O15S. The number of aromatic nitrogens is 4. The van der Waals surface area contributed by atoms with Crippen LogP contribution in [-0.4, -0.2) is 173 Å². The molecule has 7 atom stereocenters. The zero-order chi connectivity index (χ0) is 68.6. The Balaban J connectivity index is 0.659. The average molecular weight is 1350 g/mol. The fourth-order valence-electron chi connectivity index (χ4n) is 16.8. The van der Waals surface area contributed by atoms with Crippen molar-refractivity contribution < 1.29 is 73.3 Å². The molecule has 25 nitrogen and oxygen atoms in total. The van der Waals surface area contributed by atoms with E-state index in [1.165, 1.54) is 34.5 Å². The van der Waals surface area contributed by atoms with Gasteiger partial charge < -0.3 is 60.2 Å². The number of amides is 6. The first-order chi connectivity index (χ1) is 46.4. The molecule has 97 heavy (non-hydrogen) atoms. The Morgan fingerprint density at radius 3 is 2.34 bits per heavy atom. The van der Waals surface area contributed by atoms with Crippen molar-refractivity contribution in [2.75, 3.05) is 62.0 Å². The van der Waals surface area contributed by atoms with E-state index in [1.807, 2.05) is 65.0 Å². The van der Waals surface area contributed by atoms with Gasteiger partial charge in [0.2, 0.25) is 11.8 Å². The lowest BCUT2D eigenvalue weighted by molar-refractivity contribution is -0.248. The zero-order valence-electron chi connectivity index (χ0n) is 55.0. The van der Waals surface area contributed by atoms with E-state index in [9.17, 15) is 59.1 Å². The minimum absolute atomic E-state index is 0.000937. The number of aliphatic hydroxyl groups excluding tert-OH is 4. The number of benzene rings is 3. The predicted molar refractivity (Wildman–Crippen MR) is 358 cm³/mol. The topological polar surface area (TPSA) is 338 Å². The van der Waals surface area contributed by atoms with Gasteiger partial charge in [0, 0.05) is 106 Å². The number of thiazole rings is 1. The third-order valence-corrected chi connectivity index (χ3v) is 21.2. The van der Waals surface area contributed by atoms with Gasteiger partial charge in [-0.15, -0.1) is 0 Å². The Kier molecular flexibility index (Phi) is 19.8. The number of fused-ring (bicyclic) bond motifs is 2. The second kappa shape index (κ2) is 28.1. The number of rotatable bonds is 26. The number of nitrogens with one attached hydrogen (secondary N) is 3. The first-order valence-electron chi connectivity index (χ1n) is 33.3. The second-order valence-electron chi connectivity index (χ2n) is 28.2. The van der Waals surface area contributed by atoms with E-state index in [0.717, 1.165) is 70.5 Å². The van der Waals surface area contributed by atoms with Crippen LogP contribution < -0.4 is 25.6 Å². The van der Waals surface area contributed by atoms with Crippen molar-refractivity contribution in [3.63, 3.8) is 0 Å². The molecule has 6 aromatic rings. The lowest BCUT2D eigenvalue weighted by atomic mass is 9.39. The number of aromatic carboxylic acids is 1. The SMILES string of the molecule is Cc1c(-c2ccc(N3CCc4cccc(C(=O)Nc5nc6ccccc6s5)c4C3)nc2C(=O)O)cnn1CC12CC3(C)CC(C)(C1)CC(OCCN(C)C(=O)OCc1ccc(O[C@@H]4C[C@H](CO)[C@H](O)[C@H](O)[C@H]4O)c(NC(=O)CCNC(=O)CCCCCN4C(=O)C=CC4=O)c1)(C3)C2. The van der Waals surface area contributed by atoms with Gasteiger partial charge in [-0.1, -0.05) is 61.9 Å². The van der Waals surface area contributed by atoms with Crippen LogP contribution in [-0.2, 0) is 54.8 Å². The molecule has 2 aliphatic heterocycles. The van der Waals surface area contributed by atoms with Crippen LogP contribution in [0.3, 0.4) is 0 Å². The van der Waals surface area contributed by atoms with Crippen molar-refractivity contribution in [2.24, 2.45) is 22.2 Å². The van der Waals surface area contributed by atoms with Crippen LogP contribution >= 0.6 is 11.3 Å². The van der Waals surface area contributed by atoms with E-state index < -0.39 is 60.5 Å². The minimum Gasteiger partial charge on any atom is -0.485 e. The van der Waals surface area contributed by atoms with Gasteiger partial charge in [0.1, 0.15) is 36.5 Å². The zero-order valence-corrected chi connectivity index (χ0v) is 55.8. The number of carbonyl (C=O) groups is 7. The molecule has 8 N–H and O–H groups in total. The highest BCUT2D eigenvalue weighted by Gasteiger charge is 2.66. The smallest absolute Gasteiger partial charge is 0.409 e. The average Bonchev–Trinajstić information content (AvgIpc) is 1.15. The highest BCUT2D eigenvalue weighted by atomic mass is 32.1. The molecule has 5 aliphatic carbocycles. The molecule has 2 unspecified atom stereocenters. The van der Waals surface area contributed by atoms with E-state index >= 15 is 0 Å². The van der Waals surface area contributed by atoms with Crippen molar-refractivity contribution in [1.29, 1.82) is 0 Å². The lowest BCUT2D eigenvalue weighted by Crippen LogP contribution is -2.64. The molecule has 7 aliphatic rings. The van der Waals surface area contributed by atoms with Crippen LogP contribution in [0.15, 0.2) is 91.1 Å². The summed E-state index contributed by atoms with van der Waals surface area (Å²) in [6, 6.07) is 21.8. The molecule has 13 rings (SSSR count). The molecule has 5 heterocycles. The highest BCUT2D eigenvalue weighted by Crippen LogP contribution is 2.72. The van der Waals surface area contributed by atoms with Gasteiger partial charge in [0.25, 0.3) is 17.7 Å². The van der Waals surface area contributed by atoms with Gasteiger partial charge in [-0.25, -0.2) is 19.6 Å². The third kappa shape index (κ3) is 14.9. The summed E-state index contributed by atoms with van der Waals surface area (Å²) in [6.45, 7) is 8.25. The maximum Gasteiger partial charge on any atom is 0.409 e. The summed E-state index contributed by atoms with van der Waals surface area (Å²) in [6.07, 6.45) is 5.75. The number of likely N-dealkylation sites (N-methyl/N-ethyl adjacent to an activating group) is 1. The van der Waals surface area contributed by atoms with Crippen LogP contribution in [0.5, 0.6) is 5.75 Å². The highest BCUT2D eigenvalue weighted by molar-refractivity contribution is 7.22. The van der Waals surface area contributed by atoms with E-state index in [0.29, 0.717) is 78.5 Å². The molecule has 0 saturated heterocycles. The van der Waals surface area contributed by atoms with Gasteiger partial charge in [-0.2, -0.15) is 5.10 Å². The maximum absolute atomic E-state index is 13.8. The monoisotopic (exact) mass is 1350 g/mol. The normalized spacial score (nSPS) is 25.5. The standard InChI is InChI=1S/C71H84N10O15S/c1-42-48(46-17-19-55(76-60(46)65(91)92)79-26-23-44-11-10-12-47(49(44)32-79)64(90)77-66-75-50-13-7-8-14-54(50)97-66)31-73-81(42)41-70-36-68(2)35-69(3,37-70)39-71(38-68,40-70)95-28-27-78(4)67(93)94-34-43-16-18-52(96-53-30-45(33-82)61(87)63(89)62(53)88)51(29-43)74-57(84)22-24-72-56(83)15-6-5-9-25-80-58(85)20-21-59(80)86/h7-8,10-14,16-21,29,31,45,53,61-63,82,87-89H,5-6,9,15,22-28,30,32-41H2,1-4H3,(H,72,83)(H,74,84)(H,91,92)(H,75,77,90)/t45-,53-,61+,62+,63+,68?,69?,70?,71?/m1/s1. The number of ether oxygens (including phenoxy) is 3. The molecule has 5 saturated carbocycles.